The Labute approximate surface area is 114 Å². The number of hydrogen-bond acceptors (Lipinski definition) is 4. The van der Waals surface area contributed by atoms with E-state index in [9.17, 15) is 4.79 Å². The topological polar surface area (TPSA) is 104 Å². The summed E-state index contributed by atoms with van der Waals surface area (Å²) in [5.74, 6) is 0.540. The van der Waals surface area contributed by atoms with Gasteiger partial charge in [-0.1, -0.05) is 0 Å². The molecule has 0 unspecified atom stereocenters. The molecule has 0 spiro atoms. The number of rotatable bonds is 3. The minimum absolute atomic E-state index is 0.182. The molecule has 0 aliphatic heterocycles. The summed E-state index contributed by atoms with van der Waals surface area (Å²) in [4.78, 5) is 21.0. The normalized spacial score (nSPS) is 10.8. The van der Waals surface area contributed by atoms with Crippen LogP contribution in [0.1, 0.15) is 16.3 Å². The fraction of sp³-hybridized carbons (Fsp3) is 0.154. The van der Waals surface area contributed by atoms with Crippen molar-refractivity contribution in [3.63, 3.8) is 0 Å². The molecule has 20 heavy (non-hydrogen) atoms. The van der Waals surface area contributed by atoms with Gasteiger partial charge in [-0.25, -0.2) is 4.98 Å². The summed E-state index contributed by atoms with van der Waals surface area (Å²) in [5.41, 5.74) is 7.50. The molecule has 7 heteroatoms. The number of carbonyl (C=O) groups is 1. The van der Waals surface area contributed by atoms with E-state index in [0.29, 0.717) is 17.9 Å². The van der Waals surface area contributed by atoms with Crippen LogP contribution in [0.2, 0.25) is 0 Å². The Morgan fingerprint density at radius 1 is 1.45 bits per heavy atom. The van der Waals surface area contributed by atoms with Crippen molar-refractivity contribution >= 4 is 22.5 Å². The zero-order chi connectivity index (χ0) is 14.1. The van der Waals surface area contributed by atoms with E-state index in [0.717, 1.165) is 16.7 Å². The molecule has 2 heterocycles. The number of amides is 1. The van der Waals surface area contributed by atoms with Crippen LogP contribution in [0.5, 0.6) is 0 Å². The van der Waals surface area contributed by atoms with Crippen molar-refractivity contribution in [1.82, 2.24) is 25.1 Å². The summed E-state index contributed by atoms with van der Waals surface area (Å²) in [6, 6.07) is 5.31. The Bertz CT molecular complexity index is 745. The van der Waals surface area contributed by atoms with E-state index in [4.69, 9.17) is 5.73 Å². The van der Waals surface area contributed by atoms with Crippen LogP contribution in [0.25, 0.3) is 10.9 Å². The molecular formula is C13H14N6O. The monoisotopic (exact) mass is 270 g/mol. The molecule has 102 valence electrons. The van der Waals surface area contributed by atoms with Gasteiger partial charge in [-0.05, 0) is 18.2 Å². The Morgan fingerprint density at radius 3 is 3.05 bits per heavy atom. The fourth-order valence-electron chi connectivity index (χ4n) is 2.06. The zero-order valence-electron chi connectivity index (χ0n) is 10.9. The number of nitrogens with one attached hydrogen (secondary N) is 2. The van der Waals surface area contributed by atoms with Gasteiger partial charge in [-0.2, -0.15) is 5.10 Å². The third kappa shape index (κ3) is 2.09. The van der Waals surface area contributed by atoms with Crippen LogP contribution in [-0.4, -0.2) is 38.0 Å². The van der Waals surface area contributed by atoms with Crippen molar-refractivity contribution in [2.45, 2.75) is 6.54 Å². The first-order valence-electron chi connectivity index (χ1n) is 6.12. The van der Waals surface area contributed by atoms with Gasteiger partial charge in [0.25, 0.3) is 5.91 Å². The third-order valence-electron chi connectivity index (χ3n) is 3.08. The van der Waals surface area contributed by atoms with Gasteiger partial charge in [-0.15, -0.1) is 0 Å². The highest BCUT2D eigenvalue weighted by Gasteiger charge is 2.19. The molecule has 7 nitrogen and oxygen atoms in total. The maximum Gasteiger partial charge on any atom is 0.275 e. The van der Waals surface area contributed by atoms with E-state index in [1.165, 1.54) is 0 Å². The number of H-pyrrole nitrogens is 2. The molecule has 0 radical (unpaired) electrons. The standard InChI is InChI=1S/C13H14N6O/c1-19(7-11-15-4-5-16-11)13(20)12-9-6-8(14)2-3-10(9)17-18-12/h2-6H,7,14H2,1H3,(H,15,16)(H,17,18). The predicted octanol–water partition coefficient (Wildman–Crippen LogP) is 1.14. The molecule has 0 bridgehead atoms. The smallest absolute Gasteiger partial charge is 0.275 e. The number of carbonyl (C=O) groups excluding carboxylic acids is 1. The van der Waals surface area contributed by atoms with Gasteiger partial charge in [0.15, 0.2) is 5.69 Å². The van der Waals surface area contributed by atoms with E-state index < -0.39 is 0 Å². The SMILES string of the molecule is CN(Cc1ncc[nH]1)C(=O)c1n[nH]c2ccc(N)cc12. The van der Waals surface area contributed by atoms with E-state index in [2.05, 4.69) is 20.2 Å². The van der Waals surface area contributed by atoms with Gasteiger partial charge < -0.3 is 15.6 Å². The van der Waals surface area contributed by atoms with Crippen LogP contribution in [0.3, 0.4) is 0 Å². The summed E-state index contributed by atoms with van der Waals surface area (Å²) in [6.45, 7) is 0.391. The minimum atomic E-state index is -0.182. The summed E-state index contributed by atoms with van der Waals surface area (Å²) in [6.07, 6.45) is 3.37. The lowest BCUT2D eigenvalue weighted by Crippen LogP contribution is -2.27. The molecule has 3 aromatic rings. The molecule has 0 aliphatic rings. The van der Waals surface area contributed by atoms with Crippen LogP contribution < -0.4 is 5.73 Å². The average molecular weight is 270 g/mol. The fourth-order valence-corrected chi connectivity index (χ4v) is 2.06. The largest absolute Gasteiger partial charge is 0.399 e. The first-order chi connectivity index (χ1) is 9.65. The van der Waals surface area contributed by atoms with Gasteiger partial charge in [0, 0.05) is 30.5 Å². The quantitative estimate of drug-likeness (QED) is 0.621. The predicted molar refractivity (Wildman–Crippen MR) is 74.9 cm³/mol. The molecule has 0 aliphatic carbocycles. The van der Waals surface area contributed by atoms with Crippen LogP contribution in [0.4, 0.5) is 5.69 Å². The number of nitrogens with two attached hydrogens (primary N) is 1. The van der Waals surface area contributed by atoms with Crippen LogP contribution >= 0.6 is 0 Å². The number of anilines is 1. The zero-order valence-corrected chi connectivity index (χ0v) is 10.9. The number of aromatic amines is 2. The summed E-state index contributed by atoms with van der Waals surface area (Å²) in [7, 11) is 1.71. The number of aromatic nitrogens is 4. The number of nitrogens with zero attached hydrogens (tertiary/aromatic N) is 3. The van der Waals surface area contributed by atoms with E-state index in [1.807, 2.05) is 0 Å². The highest BCUT2D eigenvalue weighted by Crippen LogP contribution is 2.20. The van der Waals surface area contributed by atoms with E-state index in [1.54, 1.807) is 42.5 Å². The van der Waals surface area contributed by atoms with Gasteiger partial charge in [-0.3, -0.25) is 9.89 Å². The second kappa shape index (κ2) is 4.69. The number of imidazole rings is 1. The van der Waals surface area contributed by atoms with Crippen LogP contribution in [-0.2, 0) is 6.54 Å². The summed E-state index contributed by atoms with van der Waals surface area (Å²) in [5, 5.41) is 7.64. The minimum Gasteiger partial charge on any atom is -0.399 e. The van der Waals surface area contributed by atoms with Gasteiger partial charge in [0.05, 0.1) is 12.1 Å². The lowest BCUT2D eigenvalue weighted by molar-refractivity contribution is 0.0778. The second-order valence-electron chi connectivity index (χ2n) is 4.57. The highest BCUT2D eigenvalue weighted by atomic mass is 16.2. The summed E-state index contributed by atoms with van der Waals surface area (Å²) >= 11 is 0. The van der Waals surface area contributed by atoms with Gasteiger partial charge >= 0.3 is 0 Å². The lowest BCUT2D eigenvalue weighted by atomic mass is 10.2. The van der Waals surface area contributed by atoms with Crippen molar-refractivity contribution in [2.75, 3.05) is 12.8 Å². The average Bonchev–Trinajstić information content (AvgIpc) is 3.06. The van der Waals surface area contributed by atoms with Crippen molar-refractivity contribution in [2.24, 2.45) is 0 Å². The maximum atomic E-state index is 12.4. The molecule has 3 rings (SSSR count). The van der Waals surface area contributed by atoms with Gasteiger partial charge in [0.1, 0.15) is 5.82 Å². The number of nitrogen functional groups attached to an aromatic ring is 1. The molecule has 0 saturated carbocycles. The Kier molecular flexibility index (Phi) is 2.86. The van der Waals surface area contributed by atoms with Crippen molar-refractivity contribution in [3.05, 3.63) is 42.1 Å². The number of fused-ring (bicyclic) bond motifs is 1. The molecule has 0 fully saturated rings. The van der Waals surface area contributed by atoms with Crippen molar-refractivity contribution < 1.29 is 4.79 Å². The molecule has 4 N–H and O–H groups in total. The maximum absolute atomic E-state index is 12.4. The van der Waals surface area contributed by atoms with Crippen LogP contribution in [0.15, 0.2) is 30.6 Å². The first-order valence-corrected chi connectivity index (χ1v) is 6.12. The molecule has 1 aromatic carbocycles. The second-order valence-corrected chi connectivity index (χ2v) is 4.57. The molecule has 0 saturated heterocycles. The molecule has 1 amide bonds. The number of benzene rings is 1. The lowest BCUT2D eigenvalue weighted by Gasteiger charge is -2.14. The molecule has 0 atom stereocenters. The highest BCUT2D eigenvalue weighted by molar-refractivity contribution is 6.05. The Hall–Kier alpha value is -2.83. The molecular weight excluding hydrogens is 256 g/mol. The molecule has 2 aromatic heterocycles. The Balaban J connectivity index is 1.90. The van der Waals surface area contributed by atoms with E-state index in [-0.39, 0.29) is 5.91 Å². The summed E-state index contributed by atoms with van der Waals surface area (Å²) < 4.78 is 0. The number of hydrogen-bond donors (Lipinski definition) is 3. The van der Waals surface area contributed by atoms with E-state index >= 15 is 0 Å². The third-order valence-corrected chi connectivity index (χ3v) is 3.08. The van der Waals surface area contributed by atoms with Gasteiger partial charge in [0.2, 0.25) is 0 Å². The van der Waals surface area contributed by atoms with Crippen molar-refractivity contribution in [1.29, 1.82) is 0 Å². The van der Waals surface area contributed by atoms with Crippen molar-refractivity contribution in [3.8, 4) is 0 Å². The first kappa shape index (κ1) is 12.2. The van der Waals surface area contributed by atoms with Crippen LogP contribution in [0, 0.1) is 0 Å². The Morgan fingerprint density at radius 2 is 2.30 bits per heavy atom.